The summed E-state index contributed by atoms with van der Waals surface area (Å²) in [7, 11) is 0. The molecule has 0 aromatic carbocycles. The van der Waals surface area contributed by atoms with Crippen LogP contribution in [-0.4, -0.2) is 36.1 Å². The molecule has 0 aromatic heterocycles. The number of carbonyl (C=O) groups is 1. The fourth-order valence-electron chi connectivity index (χ4n) is 2.19. The molecule has 3 N–H and O–H groups in total. The molecule has 1 saturated heterocycles. The fraction of sp³-hybridized carbons (Fsp3) is 0.909. The first kappa shape index (κ1) is 12.3. The largest absolute Gasteiger partial charge is 0.351 e. The third-order valence-corrected chi connectivity index (χ3v) is 3.05. The number of nitrogens with two attached hydrogens (primary N) is 1. The van der Waals surface area contributed by atoms with Crippen LogP contribution in [0.3, 0.4) is 0 Å². The Hall–Kier alpha value is -0.770. The summed E-state index contributed by atoms with van der Waals surface area (Å²) in [6.45, 7) is 6.02. The van der Waals surface area contributed by atoms with Gasteiger partial charge >= 0.3 is 6.03 Å². The second-order valence-corrected chi connectivity index (χ2v) is 4.46. The van der Waals surface area contributed by atoms with E-state index in [9.17, 15) is 4.79 Å². The lowest BCUT2D eigenvalue weighted by atomic mass is 10.0. The van der Waals surface area contributed by atoms with Crippen LogP contribution in [0.15, 0.2) is 0 Å². The van der Waals surface area contributed by atoms with E-state index in [0.717, 1.165) is 25.9 Å². The molecular formula is C11H23N3O. The van der Waals surface area contributed by atoms with E-state index < -0.39 is 0 Å². The van der Waals surface area contributed by atoms with Crippen molar-refractivity contribution in [1.29, 1.82) is 0 Å². The Morgan fingerprint density at radius 2 is 2.13 bits per heavy atom. The third-order valence-electron chi connectivity index (χ3n) is 3.05. The maximum absolute atomic E-state index is 10.9. The van der Waals surface area contributed by atoms with Crippen LogP contribution < -0.4 is 11.1 Å². The van der Waals surface area contributed by atoms with Gasteiger partial charge in [-0.25, -0.2) is 4.79 Å². The van der Waals surface area contributed by atoms with E-state index in [1.54, 1.807) is 4.90 Å². The van der Waals surface area contributed by atoms with Gasteiger partial charge in [0.25, 0.3) is 0 Å². The molecule has 0 bridgehead atoms. The monoisotopic (exact) mass is 213 g/mol. The predicted molar refractivity (Wildman–Crippen MR) is 61.7 cm³/mol. The van der Waals surface area contributed by atoms with E-state index >= 15 is 0 Å². The summed E-state index contributed by atoms with van der Waals surface area (Å²) < 4.78 is 0. The Kier molecular flexibility index (Phi) is 4.88. The van der Waals surface area contributed by atoms with Gasteiger partial charge in [-0.15, -0.1) is 0 Å². The average molecular weight is 213 g/mol. The zero-order valence-electron chi connectivity index (χ0n) is 9.83. The van der Waals surface area contributed by atoms with Crippen molar-refractivity contribution in [3.63, 3.8) is 0 Å². The molecule has 0 saturated carbocycles. The predicted octanol–water partition coefficient (Wildman–Crippen LogP) is 1.31. The topological polar surface area (TPSA) is 58.4 Å². The van der Waals surface area contributed by atoms with E-state index in [4.69, 9.17) is 5.73 Å². The number of likely N-dealkylation sites (tertiary alicyclic amines) is 1. The molecule has 1 atom stereocenters. The first-order valence-electron chi connectivity index (χ1n) is 5.94. The minimum Gasteiger partial charge on any atom is -0.351 e. The highest BCUT2D eigenvalue weighted by Gasteiger charge is 2.21. The van der Waals surface area contributed by atoms with Gasteiger partial charge in [-0.05, 0) is 26.2 Å². The van der Waals surface area contributed by atoms with Gasteiger partial charge in [-0.1, -0.05) is 13.3 Å². The Morgan fingerprint density at radius 3 is 2.60 bits per heavy atom. The summed E-state index contributed by atoms with van der Waals surface area (Å²) in [4.78, 5) is 12.6. The molecule has 1 heterocycles. The number of nitrogens with zero attached hydrogens (tertiary/aromatic N) is 1. The average Bonchev–Trinajstić information content (AvgIpc) is 2.18. The van der Waals surface area contributed by atoms with Crippen molar-refractivity contribution in [1.82, 2.24) is 10.2 Å². The number of primary amides is 1. The quantitative estimate of drug-likeness (QED) is 0.739. The molecule has 0 aliphatic carbocycles. The van der Waals surface area contributed by atoms with Crippen LogP contribution in [-0.2, 0) is 0 Å². The lowest BCUT2D eigenvalue weighted by Crippen LogP contribution is -2.48. The van der Waals surface area contributed by atoms with Crippen molar-refractivity contribution in [3.05, 3.63) is 0 Å². The molecule has 88 valence electrons. The van der Waals surface area contributed by atoms with E-state index in [1.807, 2.05) is 0 Å². The molecule has 15 heavy (non-hydrogen) atoms. The lowest BCUT2D eigenvalue weighted by Gasteiger charge is -2.32. The van der Waals surface area contributed by atoms with Crippen molar-refractivity contribution in [3.8, 4) is 0 Å². The normalized spacial score (nSPS) is 20.3. The van der Waals surface area contributed by atoms with Crippen LogP contribution in [0.4, 0.5) is 4.79 Å². The molecule has 1 aliphatic rings. The number of nitrogens with one attached hydrogen (secondary N) is 1. The summed E-state index contributed by atoms with van der Waals surface area (Å²) >= 11 is 0. The maximum Gasteiger partial charge on any atom is 0.314 e. The number of carbonyl (C=O) groups excluding carboxylic acids is 1. The fourth-order valence-corrected chi connectivity index (χ4v) is 2.19. The summed E-state index contributed by atoms with van der Waals surface area (Å²) in [6.07, 6.45) is 4.48. The standard InChI is InChI=1S/C11H23N3O/c1-3-4-9(2)13-10-5-7-14(8-6-10)11(12)15/h9-10,13H,3-8H2,1-2H3,(H2,12,15). The number of amides is 2. The second kappa shape index (κ2) is 5.95. The molecule has 1 rings (SSSR count). The van der Waals surface area contributed by atoms with Crippen molar-refractivity contribution in [2.45, 2.75) is 51.6 Å². The van der Waals surface area contributed by atoms with Crippen molar-refractivity contribution in [2.75, 3.05) is 13.1 Å². The summed E-state index contributed by atoms with van der Waals surface area (Å²) in [6, 6.07) is 0.859. The third kappa shape index (κ3) is 4.08. The number of hydrogen-bond donors (Lipinski definition) is 2. The Morgan fingerprint density at radius 1 is 1.53 bits per heavy atom. The van der Waals surface area contributed by atoms with Crippen LogP contribution in [0, 0.1) is 0 Å². The molecular weight excluding hydrogens is 190 g/mol. The van der Waals surface area contributed by atoms with Gasteiger partial charge in [0.15, 0.2) is 0 Å². The number of urea groups is 1. The molecule has 2 amide bonds. The summed E-state index contributed by atoms with van der Waals surface area (Å²) in [5, 5.41) is 3.60. The van der Waals surface area contributed by atoms with Crippen molar-refractivity contribution in [2.24, 2.45) is 5.73 Å². The Bertz CT molecular complexity index is 200. The Labute approximate surface area is 92.2 Å². The SMILES string of the molecule is CCCC(C)NC1CCN(C(N)=O)CC1. The highest BCUT2D eigenvalue weighted by atomic mass is 16.2. The molecule has 0 radical (unpaired) electrons. The van der Waals surface area contributed by atoms with Crippen LogP contribution in [0.1, 0.15) is 39.5 Å². The van der Waals surface area contributed by atoms with E-state index in [-0.39, 0.29) is 6.03 Å². The molecule has 4 heteroatoms. The van der Waals surface area contributed by atoms with Crippen molar-refractivity contribution >= 4 is 6.03 Å². The maximum atomic E-state index is 10.9. The van der Waals surface area contributed by atoms with Crippen LogP contribution in [0.2, 0.25) is 0 Å². The zero-order valence-corrected chi connectivity index (χ0v) is 9.83. The second-order valence-electron chi connectivity index (χ2n) is 4.46. The summed E-state index contributed by atoms with van der Waals surface area (Å²) in [5.41, 5.74) is 5.23. The zero-order chi connectivity index (χ0) is 11.3. The van der Waals surface area contributed by atoms with E-state index in [0.29, 0.717) is 12.1 Å². The first-order chi connectivity index (χ1) is 7.13. The molecule has 0 spiro atoms. The Balaban J connectivity index is 2.22. The van der Waals surface area contributed by atoms with Gasteiger partial charge < -0.3 is 16.0 Å². The molecule has 4 nitrogen and oxygen atoms in total. The van der Waals surface area contributed by atoms with Gasteiger partial charge in [-0.2, -0.15) is 0 Å². The number of hydrogen-bond acceptors (Lipinski definition) is 2. The smallest absolute Gasteiger partial charge is 0.314 e. The summed E-state index contributed by atoms with van der Waals surface area (Å²) in [5.74, 6) is 0. The van der Waals surface area contributed by atoms with E-state index in [2.05, 4.69) is 19.2 Å². The van der Waals surface area contributed by atoms with Gasteiger partial charge in [0.1, 0.15) is 0 Å². The number of rotatable bonds is 4. The molecule has 1 aliphatic heterocycles. The van der Waals surface area contributed by atoms with Gasteiger partial charge in [0.05, 0.1) is 0 Å². The van der Waals surface area contributed by atoms with Crippen LogP contribution >= 0.6 is 0 Å². The lowest BCUT2D eigenvalue weighted by molar-refractivity contribution is 0.182. The van der Waals surface area contributed by atoms with Crippen molar-refractivity contribution < 1.29 is 4.79 Å². The highest BCUT2D eigenvalue weighted by Crippen LogP contribution is 2.11. The molecule has 1 unspecified atom stereocenters. The number of piperidine rings is 1. The minimum atomic E-state index is -0.282. The molecule has 0 aromatic rings. The van der Waals surface area contributed by atoms with Crippen LogP contribution in [0.5, 0.6) is 0 Å². The van der Waals surface area contributed by atoms with Gasteiger partial charge in [0.2, 0.25) is 0 Å². The van der Waals surface area contributed by atoms with Crippen LogP contribution in [0.25, 0.3) is 0 Å². The van der Waals surface area contributed by atoms with Gasteiger partial charge in [-0.3, -0.25) is 0 Å². The molecule has 1 fully saturated rings. The highest BCUT2D eigenvalue weighted by molar-refractivity contribution is 5.72. The first-order valence-corrected chi connectivity index (χ1v) is 5.94. The minimum absolute atomic E-state index is 0.282. The van der Waals surface area contributed by atoms with E-state index in [1.165, 1.54) is 12.8 Å². The van der Waals surface area contributed by atoms with Gasteiger partial charge in [0, 0.05) is 25.2 Å².